The first-order chi connectivity index (χ1) is 8.20. The van der Waals surface area contributed by atoms with Gasteiger partial charge in [0.15, 0.2) is 11.5 Å². The Morgan fingerprint density at radius 3 is 2.59 bits per heavy atom. The van der Waals surface area contributed by atoms with Crippen LogP contribution in [0.2, 0.25) is 0 Å². The molecule has 1 aliphatic heterocycles. The zero-order chi connectivity index (χ0) is 12.3. The molecule has 1 aromatic carbocycles. The van der Waals surface area contributed by atoms with Gasteiger partial charge >= 0.3 is 0 Å². The topological polar surface area (TPSA) is 30.5 Å². The van der Waals surface area contributed by atoms with Gasteiger partial charge in [0.1, 0.15) is 13.2 Å². The summed E-state index contributed by atoms with van der Waals surface area (Å²) in [5.41, 5.74) is 1.10. The largest absolute Gasteiger partial charge is 0.486 e. The summed E-state index contributed by atoms with van der Waals surface area (Å²) in [6.45, 7) is 7.97. The van der Waals surface area contributed by atoms with Gasteiger partial charge in [-0.2, -0.15) is 0 Å². The molecule has 1 aromatic rings. The van der Waals surface area contributed by atoms with Gasteiger partial charge in [0.2, 0.25) is 0 Å². The van der Waals surface area contributed by atoms with Crippen LogP contribution in [-0.2, 0) is 0 Å². The maximum Gasteiger partial charge on any atom is 0.163 e. The molecule has 0 spiro atoms. The van der Waals surface area contributed by atoms with Crippen LogP contribution in [0.3, 0.4) is 0 Å². The third kappa shape index (κ3) is 2.84. The fourth-order valence-electron chi connectivity index (χ4n) is 1.89. The van der Waals surface area contributed by atoms with E-state index in [1.807, 2.05) is 18.2 Å². The Morgan fingerprint density at radius 1 is 1.18 bits per heavy atom. The Bertz CT molecular complexity index is 378. The van der Waals surface area contributed by atoms with Crippen molar-refractivity contribution in [1.82, 2.24) is 0 Å². The average molecular weight is 235 g/mol. The Morgan fingerprint density at radius 2 is 1.88 bits per heavy atom. The van der Waals surface area contributed by atoms with Crippen molar-refractivity contribution in [1.29, 1.82) is 0 Å². The monoisotopic (exact) mass is 235 g/mol. The lowest BCUT2D eigenvalue weighted by molar-refractivity contribution is 0.171. The standard InChI is InChI=1S/C14H21NO2/c1-4-10(2)11(3)15-12-5-6-13-14(9-12)17-8-7-16-13/h5-6,9-11,15H,4,7-8H2,1-3H3. The van der Waals surface area contributed by atoms with Crippen LogP contribution in [-0.4, -0.2) is 19.3 Å². The SMILES string of the molecule is CCC(C)C(C)Nc1ccc2c(c1)OCCO2. The molecule has 1 N–H and O–H groups in total. The zero-order valence-corrected chi connectivity index (χ0v) is 10.8. The predicted molar refractivity (Wildman–Crippen MR) is 70.0 cm³/mol. The maximum absolute atomic E-state index is 5.57. The van der Waals surface area contributed by atoms with E-state index in [0.717, 1.165) is 17.2 Å². The van der Waals surface area contributed by atoms with Crippen molar-refractivity contribution in [2.75, 3.05) is 18.5 Å². The molecule has 3 heteroatoms. The highest BCUT2D eigenvalue weighted by Crippen LogP contribution is 2.33. The van der Waals surface area contributed by atoms with Gasteiger partial charge < -0.3 is 14.8 Å². The second-order valence-electron chi connectivity index (χ2n) is 4.68. The molecule has 1 heterocycles. The third-order valence-corrected chi connectivity index (χ3v) is 3.43. The molecule has 17 heavy (non-hydrogen) atoms. The average Bonchev–Trinajstić information content (AvgIpc) is 2.37. The molecule has 0 amide bonds. The number of hydrogen-bond acceptors (Lipinski definition) is 3. The van der Waals surface area contributed by atoms with E-state index in [2.05, 4.69) is 26.1 Å². The van der Waals surface area contributed by atoms with E-state index in [1.54, 1.807) is 0 Å². The van der Waals surface area contributed by atoms with Gasteiger partial charge in [-0.25, -0.2) is 0 Å². The Kier molecular flexibility index (Phi) is 3.77. The van der Waals surface area contributed by atoms with Crippen LogP contribution < -0.4 is 14.8 Å². The molecular formula is C14H21NO2. The molecule has 0 bridgehead atoms. The fraction of sp³-hybridized carbons (Fsp3) is 0.571. The van der Waals surface area contributed by atoms with Crippen LogP contribution in [0.4, 0.5) is 5.69 Å². The molecule has 0 aliphatic carbocycles. The number of benzene rings is 1. The summed E-state index contributed by atoms with van der Waals surface area (Å²) in [4.78, 5) is 0. The van der Waals surface area contributed by atoms with Crippen LogP contribution in [0, 0.1) is 5.92 Å². The van der Waals surface area contributed by atoms with Crippen molar-refractivity contribution in [3.8, 4) is 11.5 Å². The van der Waals surface area contributed by atoms with Crippen molar-refractivity contribution in [2.24, 2.45) is 5.92 Å². The molecule has 0 aromatic heterocycles. The first-order valence-corrected chi connectivity index (χ1v) is 6.37. The van der Waals surface area contributed by atoms with E-state index in [1.165, 1.54) is 6.42 Å². The molecule has 1 aliphatic rings. The van der Waals surface area contributed by atoms with Gasteiger partial charge in [-0.1, -0.05) is 20.3 Å². The van der Waals surface area contributed by atoms with Gasteiger partial charge in [0.25, 0.3) is 0 Å². The number of anilines is 1. The van der Waals surface area contributed by atoms with E-state index in [9.17, 15) is 0 Å². The maximum atomic E-state index is 5.57. The number of hydrogen-bond donors (Lipinski definition) is 1. The lowest BCUT2D eigenvalue weighted by Gasteiger charge is -2.23. The van der Waals surface area contributed by atoms with Gasteiger partial charge in [-0.15, -0.1) is 0 Å². The summed E-state index contributed by atoms with van der Waals surface area (Å²) >= 11 is 0. The van der Waals surface area contributed by atoms with Crippen LogP contribution >= 0.6 is 0 Å². The minimum atomic E-state index is 0.461. The van der Waals surface area contributed by atoms with Gasteiger partial charge in [-0.05, 0) is 25.0 Å². The van der Waals surface area contributed by atoms with Crippen LogP contribution in [0.1, 0.15) is 27.2 Å². The second kappa shape index (κ2) is 5.30. The summed E-state index contributed by atoms with van der Waals surface area (Å²) in [5.74, 6) is 2.35. The molecule has 0 saturated heterocycles. The van der Waals surface area contributed by atoms with Crippen LogP contribution in [0.25, 0.3) is 0 Å². The normalized spacial score (nSPS) is 17.4. The molecule has 0 fully saturated rings. The molecule has 3 nitrogen and oxygen atoms in total. The smallest absolute Gasteiger partial charge is 0.163 e. The molecule has 0 saturated carbocycles. The van der Waals surface area contributed by atoms with Crippen LogP contribution in [0.5, 0.6) is 11.5 Å². The number of ether oxygens (including phenoxy) is 2. The quantitative estimate of drug-likeness (QED) is 0.868. The molecule has 2 rings (SSSR count). The summed E-state index contributed by atoms with van der Waals surface area (Å²) in [7, 11) is 0. The highest BCUT2D eigenvalue weighted by molar-refractivity contribution is 5.55. The Balaban J connectivity index is 2.06. The lowest BCUT2D eigenvalue weighted by Crippen LogP contribution is -2.23. The van der Waals surface area contributed by atoms with Crippen molar-refractivity contribution >= 4 is 5.69 Å². The Labute approximate surface area is 103 Å². The first-order valence-electron chi connectivity index (χ1n) is 6.37. The molecule has 2 unspecified atom stereocenters. The first kappa shape index (κ1) is 12.1. The molecule has 94 valence electrons. The number of nitrogens with one attached hydrogen (secondary N) is 1. The zero-order valence-electron chi connectivity index (χ0n) is 10.8. The minimum Gasteiger partial charge on any atom is -0.486 e. The van der Waals surface area contributed by atoms with Gasteiger partial charge in [0.05, 0.1) is 0 Å². The van der Waals surface area contributed by atoms with Crippen molar-refractivity contribution in [2.45, 2.75) is 33.2 Å². The summed E-state index contributed by atoms with van der Waals surface area (Å²) in [5, 5.41) is 3.51. The Hall–Kier alpha value is -1.38. The third-order valence-electron chi connectivity index (χ3n) is 3.43. The van der Waals surface area contributed by atoms with Crippen molar-refractivity contribution in [3.63, 3.8) is 0 Å². The van der Waals surface area contributed by atoms with Crippen molar-refractivity contribution in [3.05, 3.63) is 18.2 Å². The minimum absolute atomic E-state index is 0.461. The fourth-order valence-corrected chi connectivity index (χ4v) is 1.89. The van der Waals surface area contributed by atoms with E-state index >= 15 is 0 Å². The highest BCUT2D eigenvalue weighted by atomic mass is 16.6. The van der Waals surface area contributed by atoms with Gasteiger partial charge in [-0.3, -0.25) is 0 Å². The highest BCUT2D eigenvalue weighted by Gasteiger charge is 2.14. The molecule has 0 radical (unpaired) electrons. The predicted octanol–water partition coefficient (Wildman–Crippen LogP) is 3.30. The van der Waals surface area contributed by atoms with Crippen LogP contribution in [0.15, 0.2) is 18.2 Å². The van der Waals surface area contributed by atoms with E-state index in [4.69, 9.17) is 9.47 Å². The molecular weight excluding hydrogens is 214 g/mol. The van der Waals surface area contributed by atoms with Gasteiger partial charge in [0, 0.05) is 17.8 Å². The number of fused-ring (bicyclic) bond motifs is 1. The summed E-state index contributed by atoms with van der Waals surface area (Å²) in [6, 6.07) is 6.50. The lowest BCUT2D eigenvalue weighted by atomic mass is 10.0. The summed E-state index contributed by atoms with van der Waals surface area (Å²) in [6.07, 6.45) is 1.18. The van der Waals surface area contributed by atoms with E-state index in [0.29, 0.717) is 25.2 Å². The second-order valence-corrected chi connectivity index (χ2v) is 4.68. The summed E-state index contributed by atoms with van der Waals surface area (Å²) < 4.78 is 11.1. The molecule has 2 atom stereocenters. The number of rotatable bonds is 4. The van der Waals surface area contributed by atoms with E-state index in [-0.39, 0.29) is 0 Å². The van der Waals surface area contributed by atoms with Crippen molar-refractivity contribution < 1.29 is 9.47 Å². The van der Waals surface area contributed by atoms with E-state index < -0.39 is 0 Å².